The number of nitrogens with zero attached hydrogens (tertiary/aromatic N) is 3. The summed E-state index contributed by atoms with van der Waals surface area (Å²) in [6, 6.07) is 0. The summed E-state index contributed by atoms with van der Waals surface area (Å²) < 4.78 is 7.57. The number of aromatic nitrogens is 2. The highest BCUT2D eigenvalue weighted by atomic mass is 16.5. The molecule has 0 radical (unpaired) electrons. The van der Waals surface area contributed by atoms with Gasteiger partial charge in [-0.3, -0.25) is 4.68 Å². The molecule has 2 rings (SSSR count). The number of ether oxygens (including phenoxy) is 1. The molecule has 0 aliphatic carbocycles. The minimum absolute atomic E-state index is 0.402. The lowest BCUT2D eigenvalue weighted by atomic mass is 10.2. The van der Waals surface area contributed by atoms with Crippen LogP contribution in [0.3, 0.4) is 0 Å². The van der Waals surface area contributed by atoms with E-state index in [0.717, 1.165) is 50.5 Å². The van der Waals surface area contributed by atoms with Crippen LogP contribution in [-0.2, 0) is 11.8 Å². The molecule has 0 amide bonds. The molecule has 5 heteroatoms. The number of hydrogen-bond donors (Lipinski definition) is 1. The van der Waals surface area contributed by atoms with Crippen molar-refractivity contribution in [2.75, 3.05) is 30.3 Å². The summed E-state index contributed by atoms with van der Waals surface area (Å²) in [5.41, 5.74) is 6.73. The average Bonchev–Trinajstić information content (AvgIpc) is 2.53. The summed E-state index contributed by atoms with van der Waals surface area (Å²) in [4.78, 5) is 2.32. The fraction of sp³-hybridized carbons (Fsp3) is 0.750. The Bertz CT molecular complexity index is 344. The number of nitrogens with two attached hydrogens (primary N) is 1. The van der Waals surface area contributed by atoms with Crippen LogP contribution in [0, 0.1) is 0 Å². The van der Waals surface area contributed by atoms with Gasteiger partial charge in [0.15, 0.2) is 0 Å². The zero-order valence-electron chi connectivity index (χ0n) is 10.7. The largest absolute Gasteiger partial charge is 0.394 e. The molecule has 0 aromatic carbocycles. The second-order valence-electron chi connectivity index (χ2n) is 4.54. The Morgan fingerprint density at radius 1 is 1.47 bits per heavy atom. The highest BCUT2D eigenvalue weighted by Gasteiger charge is 2.20. The van der Waals surface area contributed by atoms with E-state index in [0.29, 0.717) is 6.10 Å². The van der Waals surface area contributed by atoms with E-state index in [-0.39, 0.29) is 0 Å². The number of hydrogen-bond acceptors (Lipinski definition) is 4. The van der Waals surface area contributed by atoms with Gasteiger partial charge in [-0.25, -0.2) is 0 Å². The molecule has 0 unspecified atom stereocenters. The first-order valence-electron chi connectivity index (χ1n) is 6.36. The summed E-state index contributed by atoms with van der Waals surface area (Å²) in [5.74, 6) is 1.04. The van der Waals surface area contributed by atoms with E-state index < -0.39 is 0 Å². The van der Waals surface area contributed by atoms with Crippen LogP contribution in [0.15, 0.2) is 6.20 Å². The maximum atomic E-state index is 5.96. The van der Waals surface area contributed by atoms with Crippen LogP contribution < -0.4 is 10.6 Å². The molecular weight excluding hydrogens is 216 g/mol. The SMILES string of the molecule is CCO[C@@H]1CCCN(c2c(N)cnn2C)CC1. The molecule has 17 heavy (non-hydrogen) atoms. The van der Waals surface area contributed by atoms with Gasteiger partial charge in [0.1, 0.15) is 5.82 Å². The van der Waals surface area contributed by atoms with Crippen LogP contribution in [0.25, 0.3) is 0 Å². The monoisotopic (exact) mass is 238 g/mol. The molecule has 2 N–H and O–H groups in total. The summed E-state index contributed by atoms with van der Waals surface area (Å²) in [5, 5.41) is 4.20. The Morgan fingerprint density at radius 3 is 2.94 bits per heavy atom. The second-order valence-corrected chi connectivity index (χ2v) is 4.54. The number of rotatable bonds is 3. The van der Waals surface area contributed by atoms with Crippen molar-refractivity contribution < 1.29 is 4.74 Å². The molecule has 2 heterocycles. The summed E-state index contributed by atoms with van der Waals surface area (Å²) in [7, 11) is 1.94. The molecule has 1 fully saturated rings. The Morgan fingerprint density at radius 2 is 2.29 bits per heavy atom. The third-order valence-electron chi connectivity index (χ3n) is 3.31. The Hall–Kier alpha value is -1.23. The van der Waals surface area contributed by atoms with Crippen molar-refractivity contribution in [2.45, 2.75) is 32.3 Å². The predicted molar refractivity (Wildman–Crippen MR) is 69.1 cm³/mol. The van der Waals surface area contributed by atoms with Crippen LogP contribution in [0.5, 0.6) is 0 Å². The molecule has 0 spiro atoms. The summed E-state index contributed by atoms with van der Waals surface area (Å²) in [6.07, 6.45) is 5.48. The van der Waals surface area contributed by atoms with Crippen LogP contribution in [0.1, 0.15) is 26.2 Å². The summed E-state index contributed by atoms with van der Waals surface area (Å²) >= 11 is 0. The van der Waals surface area contributed by atoms with Crippen LogP contribution in [0.2, 0.25) is 0 Å². The maximum Gasteiger partial charge on any atom is 0.150 e. The fourth-order valence-electron chi connectivity index (χ4n) is 2.52. The lowest BCUT2D eigenvalue weighted by molar-refractivity contribution is 0.0550. The van der Waals surface area contributed by atoms with Crippen molar-refractivity contribution >= 4 is 11.5 Å². The Kier molecular flexibility index (Phi) is 3.89. The topological polar surface area (TPSA) is 56.3 Å². The van der Waals surface area contributed by atoms with E-state index in [1.54, 1.807) is 6.20 Å². The second kappa shape index (κ2) is 5.40. The number of nitrogen functional groups attached to an aromatic ring is 1. The van der Waals surface area contributed by atoms with E-state index in [1.165, 1.54) is 0 Å². The first kappa shape index (κ1) is 12.2. The normalized spacial score (nSPS) is 21.5. The molecule has 1 aromatic rings. The Labute approximate surface area is 103 Å². The smallest absolute Gasteiger partial charge is 0.150 e. The van der Waals surface area contributed by atoms with Crippen molar-refractivity contribution in [1.29, 1.82) is 0 Å². The van der Waals surface area contributed by atoms with Gasteiger partial charge in [-0.05, 0) is 26.2 Å². The van der Waals surface area contributed by atoms with Gasteiger partial charge in [0, 0.05) is 26.7 Å². The van der Waals surface area contributed by atoms with Crippen molar-refractivity contribution in [3.05, 3.63) is 6.20 Å². The highest BCUT2D eigenvalue weighted by molar-refractivity contribution is 5.62. The minimum Gasteiger partial charge on any atom is -0.394 e. The molecule has 1 saturated heterocycles. The molecule has 0 saturated carbocycles. The minimum atomic E-state index is 0.402. The predicted octanol–water partition coefficient (Wildman–Crippen LogP) is 1.40. The van der Waals surface area contributed by atoms with E-state index in [9.17, 15) is 0 Å². The van der Waals surface area contributed by atoms with Gasteiger partial charge in [-0.15, -0.1) is 0 Å². The molecule has 1 atom stereocenters. The number of aryl methyl sites for hydroxylation is 1. The van der Waals surface area contributed by atoms with E-state index >= 15 is 0 Å². The fourth-order valence-corrected chi connectivity index (χ4v) is 2.52. The van der Waals surface area contributed by atoms with Gasteiger partial charge in [-0.2, -0.15) is 5.10 Å². The molecule has 1 aliphatic heterocycles. The number of anilines is 2. The van der Waals surface area contributed by atoms with Gasteiger partial charge in [0.05, 0.1) is 18.0 Å². The van der Waals surface area contributed by atoms with Gasteiger partial charge in [0.25, 0.3) is 0 Å². The zero-order valence-corrected chi connectivity index (χ0v) is 10.7. The molecular formula is C12H22N4O. The average molecular weight is 238 g/mol. The van der Waals surface area contributed by atoms with Crippen molar-refractivity contribution in [3.8, 4) is 0 Å². The van der Waals surface area contributed by atoms with E-state index in [4.69, 9.17) is 10.5 Å². The third-order valence-corrected chi connectivity index (χ3v) is 3.31. The van der Waals surface area contributed by atoms with Gasteiger partial charge in [0.2, 0.25) is 0 Å². The van der Waals surface area contributed by atoms with Gasteiger partial charge >= 0.3 is 0 Å². The summed E-state index contributed by atoms with van der Waals surface area (Å²) in [6.45, 7) is 4.89. The first-order chi connectivity index (χ1) is 8.22. The molecule has 96 valence electrons. The zero-order chi connectivity index (χ0) is 12.3. The quantitative estimate of drug-likeness (QED) is 0.864. The van der Waals surface area contributed by atoms with Crippen molar-refractivity contribution in [1.82, 2.24) is 9.78 Å². The molecule has 1 aliphatic rings. The van der Waals surface area contributed by atoms with Crippen LogP contribution in [-0.4, -0.2) is 35.6 Å². The Balaban J connectivity index is 2.04. The molecule has 5 nitrogen and oxygen atoms in total. The van der Waals surface area contributed by atoms with Gasteiger partial charge < -0.3 is 15.4 Å². The lowest BCUT2D eigenvalue weighted by Gasteiger charge is -2.23. The molecule has 1 aromatic heterocycles. The molecule has 0 bridgehead atoms. The maximum absolute atomic E-state index is 5.96. The van der Waals surface area contributed by atoms with Crippen molar-refractivity contribution in [3.63, 3.8) is 0 Å². The van der Waals surface area contributed by atoms with Crippen molar-refractivity contribution in [2.24, 2.45) is 7.05 Å². The van der Waals surface area contributed by atoms with Crippen LogP contribution >= 0.6 is 0 Å². The van der Waals surface area contributed by atoms with Crippen LogP contribution in [0.4, 0.5) is 11.5 Å². The standard InChI is InChI=1S/C12H22N4O/c1-3-17-10-5-4-7-16(8-6-10)12-11(13)9-14-15(12)2/h9-10H,3-8,13H2,1-2H3/t10-/m1/s1. The van der Waals surface area contributed by atoms with E-state index in [2.05, 4.69) is 16.9 Å². The highest BCUT2D eigenvalue weighted by Crippen LogP contribution is 2.25. The van der Waals surface area contributed by atoms with E-state index in [1.807, 2.05) is 11.7 Å². The first-order valence-corrected chi connectivity index (χ1v) is 6.36. The lowest BCUT2D eigenvalue weighted by Crippen LogP contribution is -2.27. The third kappa shape index (κ3) is 2.72. The van der Waals surface area contributed by atoms with Gasteiger partial charge in [-0.1, -0.05) is 0 Å².